The Hall–Kier alpha value is -1.20. The average Bonchev–Trinajstić information content (AvgIpc) is 2.30. The third-order valence-corrected chi connectivity index (χ3v) is 2.39. The third-order valence-electron chi connectivity index (χ3n) is 2.39. The number of aliphatic hydroxyl groups is 1. The van der Waals surface area contributed by atoms with Crippen LogP contribution >= 0.6 is 0 Å². The molecule has 16 heavy (non-hydrogen) atoms. The number of ether oxygens (including phenoxy) is 1. The van der Waals surface area contributed by atoms with Crippen LogP contribution in [0.1, 0.15) is 6.92 Å². The summed E-state index contributed by atoms with van der Waals surface area (Å²) in [5.74, 6) is -1.35. The van der Waals surface area contributed by atoms with E-state index in [0.29, 0.717) is 0 Å². The summed E-state index contributed by atoms with van der Waals surface area (Å²) >= 11 is 0. The second kappa shape index (κ2) is 5.23. The highest BCUT2D eigenvalue weighted by molar-refractivity contribution is 5.25. The van der Waals surface area contributed by atoms with Crippen LogP contribution in [-0.2, 0) is 0 Å². The van der Waals surface area contributed by atoms with Gasteiger partial charge in [0.1, 0.15) is 12.4 Å². The van der Waals surface area contributed by atoms with Crippen LogP contribution in [0.15, 0.2) is 18.2 Å². The Morgan fingerprint density at radius 3 is 2.69 bits per heavy atom. The molecular formula is C11H15F2NO2. The summed E-state index contributed by atoms with van der Waals surface area (Å²) in [5, 5.41) is 11.9. The molecule has 3 nitrogen and oxygen atoms in total. The Labute approximate surface area is 93.0 Å². The Kier molecular flexibility index (Phi) is 4.20. The molecule has 1 rings (SSSR count). The molecule has 2 N–H and O–H groups in total. The molecule has 0 aliphatic carbocycles. The fraction of sp³-hybridized carbons (Fsp3) is 0.455. The molecule has 1 aromatic rings. The molecule has 0 amide bonds. The van der Waals surface area contributed by atoms with Crippen molar-refractivity contribution in [2.24, 2.45) is 0 Å². The van der Waals surface area contributed by atoms with Gasteiger partial charge in [-0.25, -0.2) is 8.78 Å². The first-order valence-electron chi connectivity index (χ1n) is 4.88. The number of halogens is 2. The number of hydrogen-bond acceptors (Lipinski definition) is 3. The van der Waals surface area contributed by atoms with Crippen molar-refractivity contribution < 1.29 is 18.6 Å². The highest BCUT2D eigenvalue weighted by Crippen LogP contribution is 2.19. The third kappa shape index (κ3) is 3.15. The van der Waals surface area contributed by atoms with E-state index in [-0.39, 0.29) is 19.0 Å². The molecule has 0 aliphatic heterocycles. The smallest absolute Gasteiger partial charge is 0.165 e. The zero-order valence-electron chi connectivity index (χ0n) is 9.26. The standard InChI is InChI=1S/C11H15F2NO2/c1-11(6-15,14-2)7-16-10-5-8(12)3-4-9(10)13/h3-5,14-15H,6-7H2,1-2H3. The second-order valence-electron chi connectivity index (χ2n) is 3.83. The average molecular weight is 231 g/mol. The summed E-state index contributed by atoms with van der Waals surface area (Å²) in [5.41, 5.74) is -0.682. The number of benzene rings is 1. The molecule has 0 radical (unpaired) electrons. The van der Waals surface area contributed by atoms with E-state index in [0.717, 1.165) is 18.2 Å². The van der Waals surface area contributed by atoms with Gasteiger partial charge in [-0.1, -0.05) is 0 Å². The van der Waals surface area contributed by atoms with Gasteiger partial charge in [-0.05, 0) is 26.1 Å². The highest BCUT2D eigenvalue weighted by atomic mass is 19.1. The van der Waals surface area contributed by atoms with Gasteiger partial charge in [-0.15, -0.1) is 0 Å². The van der Waals surface area contributed by atoms with Gasteiger partial charge >= 0.3 is 0 Å². The first-order chi connectivity index (χ1) is 7.50. The molecular weight excluding hydrogens is 216 g/mol. The Morgan fingerprint density at radius 1 is 1.44 bits per heavy atom. The molecule has 0 spiro atoms. The van der Waals surface area contributed by atoms with Gasteiger partial charge < -0.3 is 15.2 Å². The molecule has 0 heterocycles. The van der Waals surface area contributed by atoms with Crippen molar-refractivity contribution in [3.05, 3.63) is 29.8 Å². The highest BCUT2D eigenvalue weighted by Gasteiger charge is 2.22. The van der Waals surface area contributed by atoms with Crippen molar-refractivity contribution in [3.8, 4) is 5.75 Å². The Morgan fingerprint density at radius 2 is 2.12 bits per heavy atom. The van der Waals surface area contributed by atoms with Crippen LogP contribution in [-0.4, -0.2) is 30.9 Å². The number of likely N-dealkylation sites (N-methyl/N-ethyl adjacent to an activating group) is 1. The predicted molar refractivity (Wildman–Crippen MR) is 56.4 cm³/mol. The van der Waals surface area contributed by atoms with Crippen LogP contribution < -0.4 is 10.1 Å². The molecule has 0 saturated heterocycles. The summed E-state index contributed by atoms with van der Waals surface area (Å²) in [4.78, 5) is 0. The Bertz CT molecular complexity index is 354. The monoisotopic (exact) mass is 231 g/mol. The fourth-order valence-electron chi connectivity index (χ4n) is 1.02. The van der Waals surface area contributed by atoms with E-state index in [1.807, 2.05) is 0 Å². The van der Waals surface area contributed by atoms with Crippen LogP contribution in [0.2, 0.25) is 0 Å². The van der Waals surface area contributed by atoms with Crippen molar-refractivity contribution in [2.75, 3.05) is 20.3 Å². The maximum Gasteiger partial charge on any atom is 0.165 e. The largest absolute Gasteiger partial charge is 0.488 e. The van der Waals surface area contributed by atoms with Gasteiger partial charge in [-0.3, -0.25) is 0 Å². The van der Waals surface area contributed by atoms with Gasteiger partial charge in [-0.2, -0.15) is 0 Å². The van der Waals surface area contributed by atoms with E-state index in [2.05, 4.69) is 5.32 Å². The fourth-order valence-corrected chi connectivity index (χ4v) is 1.02. The molecule has 0 aliphatic rings. The molecule has 1 aromatic carbocycles. The van der Waals surface area contributed by atoms with Gasteiger partial charge in [0, 0.05) is 6.07 Å². The van der Waals surface area contributed by atoms with Crippen molar-refractivity contribution in [2.45, 2.75) is 12.5 Å². The van der Waals surface area contributed by atoms with Crippen molar-refractivity contribution in [1.82, 2.24) is 5.32 Å². The zero-order chi connectivity index (χ0) is 12.2. The predicted octanol–water partition coefficient (Wildman–Crippen LogP) is 1.31. The lowest BCUT2D eigenvalue weighted by Gasteiger charge is -2.26. The van der Waals surface area contributed by atoms with Crippen molar-refractivity contribution >= 4 is 0 Å². The normalized spacial score (nSPS) is 14.6. The number of rotatable bonds is 5. The molecule has 1 atom stereocenters. The van der Waals surface area contributed by atoms with Crippen molar-refractivity contribution in [1.29, 1.82) is 0 Å². The van der Waals surface area contributed by atoms with E-state index in [9.17, 15) is 8.78 Å². The minimum Gasteiger partial charge on any atom is -0.488 e. The molecule has 0 bridgehead atoms. The van der Waals surface area contributed by atoms with E-state index in [4.69, 9.17) is 9.84 Å². The maximum atomic E-state index is 13.2. The van der Waals surface area contributed by atoms with E-state index < -0.39 is 17.2 Å². The molecule has 1 unspecified atom stereocenters. The van der Waals surface area contributed by atoms with Crippen LogP contribution in [0, 0.1) is 11.6 Å². The molecule has 0 saturated carbocycles. The SMILES string of the molecule is CNC(C)(CO)COc1cc(F)ccc1F. The minimum atomic E-state index is -0.682. The van der Waals surface area contributed by atoms with Gasteiger partial charge in [0.25, 0.3) is 0 Å². The van der Waals surface area contributed by atoms with Crippen LogP contribution in [0.5, 0.6) is 5.75 Å². The molecule has 90 valence electrons. The molecule has 5 heteroatoms. The summed E-state index contributed by atoms with van der Waals surface area (Å²) < 4.78 is 31.1. The lowest BCUT2D eigenvalue weighted by atomic mass is 10.1. The zero-order valence-corrected chi connectivity index (χ0v) is 9.26. The van der Waals surface area contributed by atoms with E-state index in [1.54, 1.807) is 14.0 Å². The van der Waals surface area contributed by atoms with Crippen LogP contribution in [0.3, 0.4) is 0 Å². The minimum absolute atomic E-state index is 0.0420. The van der Waals surface area contributed by atoms with Crippen LogP contribution in [0.25, 0.3) is 0 Å². The van der Waals surface area contributed by atoms with E-state index in [1.165, 1.54) is 0 Å². The van der Waals surface area contributed by atoms with Gasteiger partial charge in [0.2, 0.25) is 0 Å². The topological polar surface area (TPSA) is 41.5 Å². The van der Waals surface area contributed by atoms with Crippen LogP contribution in [0.4, 0.5) is 8.78 Å². The van der Waals surface area contributed by atoms with Gasteiger partial charge in [0.15, 0.2) is 11.6 Å². The summed E-state index contributed by atoms with van der Waals surface area (Å²) in [6.45, 7) is 1.59. The number of aliphatic hydroxyl groups excluding tert-OH is 1. The first kappa shape index (κ1) is 12.9. The molecule has 0 aromatic heterocycles. The quantitative estimate of drug-likeness (QED) is 0.803. The lowest BCUT2D eigenvalue weighted by Crippen LogP contribution is -2.48. The van der Waals surface area contributed by atoms with Gasteiger partial charge in [0.05, 0.1) is 12.1 Å². The number of hydrogen-bond donors (Lipinski definition) is 2. The molecule has 0 fully saturated rings. The lowest BCUT2D eigenvalue weighted by molar-refractivity contribution is 0.120. The summed E-state index contributed by atoms with van der Waals surface area (Å²) in [6, 6.07) is 2.99. The summed E-state index contributed by atoms with van der Waals surface area (Å²) in [7, 11) is 1.65. The van der Waals surface area contributed by atoms with Crippen molar-refractivity contribution in [3.63, 3.8) is 0 Å². The number of nitrogens with one attached hydrogen (secondary N) is 1. The maximum absolute atomic E-state index is 13.2. The summed E-state index contributed by atoms with van der Waals surface area (Å²) in [6.07, 6.45) is 0. The van der Waals surface area contributed by atoms with E-state index >= 15 is 0 Å². The first-order valence-corrected chi connectivity index (χ1v) is 4.88. The second-order valence-corrected chi connectivity index (χ2v) is 3.83. The Balaban J connectivity index is 2.70.